The van der Waals surface area contributed by atoms with Crippen molar-refractivity contribution in [1.29, 1.82) is 0 Å². The maximum absolute atomic E-state index is 13.9. The highest BCUT2D eigenvalue weighted by atomic mass is 16.6. The summed E-state index contributed by atoms with van der Waals surface area (Å²) in [6, 6.07) is 6.35. The molecule has 0 bridgehead atoms. The highest BCUT2D eigenvalue weighted by Crippen LogP contribution is 2.24. The van der Waals surface area contributed by atoms with Gasteiger partial charge in [0.1, 0.15) is 24.2 Å². The summed E-state index contributed by atoms with van der Waals surface area (Å²) in [6.07, 6.45) is 1.16. The number of hydrogen-bond donors (Lipinski definition) is 3. The highest BCUT2D eigenvalue weighted by molar-refractivity contribution is 5.93. The van der Waals surface area contributed by atoms with E-state index in [0.29, 0.717) is 12.0 Å². The summed E-state index contributed by atoms with van der Waals surface area (Å²) in [5, 5.41) is 5.06. The number of methoxy groups -OCH3 is 1. The lowest BCUT2D eigenvalue weighted by Gasteiger charge is -2.34. The molecule has 11 nitrogen and oxygen atoms in total. The van der Waals surface area contributed by atoms with Crippen LogP contribution in [0.3, 0.4) is 0 Å². The van der Waals surface area contributed by atoms with Crippen LogP contribution in [0.2, 0.25) is 0 Å². The molecule has 4 N–H and O–H groups in total. The molecule has 1 aromatic carbocycles. The molecule has 0 aromatic heterocycles. The Bertz CT molecular complexity index is 915. The van der Waals surface area contributed by atoms with Gasteiger partial charge >= 0.3 is 12.1 Å². The Hall–Kier alpha value is -3.63. The number of carbonyl (C=O) groups is 5. The summed E-state index contributed by atoms with van der Waals surface area (Å²) in [4.78, 5) is 64.3. The topological polar surface area (TPSA) is 157 Å². The van der Waals surface area contributed by atoms with Crippen LogP contribution >= 0.6 is 0 Å². The molecule has 2 unspecified atom stereocenters. The first-order valence-corrected chi connectivity index (χ1v) is 12.4. The number of nitrogens with zero attached hydrogens (tertiary/aromatic N) is 1. The minimum atomic E-state index is -1.18. The van der Waals surface area contributed by atoms with Crippen molar-refractivity contribution >= 4 is 29.8 Å². The molecule has 0 fully saturated rings. The normalized spacial score (nSPS) is 12.6. The lowest BCUT2D eigenvalue weighted by molar-refractivity contribution is -0.145. The molecule has 0 saturated heterocycles. The fourth-order valence-electron chi connectivity index (χ4n) is 3.53. The first-order valence-electron chi connectivity index (χ1n) is 12.4. The minimum Gasteiger partial charge on any atom is -0.468 e. The van der Waals surface area contributed by atoms with E-state index >= 15 is 0 Å². The molecular formula is C26H40N4O7. The highest BCUT2D eigenvalue weighted by Gasteiger charge is 2.36. The summed E-state index contributed by atoms with van der Waals surface area (Å²) in [5.41, 5.74) is 5.01. The van der Waals surface area contributed by atoms with Crippen molar-refractivity contribution in [2.45, 2.75) is 77.5 Å². The Kier molecular flexibility index (Phi) is 13.1. The van der Waals surface area contributed by atoms with E-state index in [9.17, 15) is 24.0 Å². The Morgan fingerprint density at radius 3 is 2.24 bits per heavy atom. The molecule has 0 spiro atoms. The summed E-state index contributed by atoms with van der Waals surface area (Å²) < 4.78 is 9.92. The Labute approximate surface area is 218 Å². The second-order valence-corrected chi connectivity index (χ2v) is 9.55. The SMILES string of the molecule is CCCCCN(C(=O)C(CCC(N)=O)NC(=O)OC(C)(C)C)C(C(=O)NCC(=O)OC)c1ccccc1. The van der Waals surface area contributed by atoms with E-state index in [1.54, 1.807) is 51.1 Å². The molecule has 1 rings (SSSR count). The average Bonchev–Trinajstić information content (AvgIpc) is 2.83. The number of amides is 4. The molecule has 37 heavy (non-hydrogen) atoms. The van der Waals surface area contributed by atoms with Gasteiger partial charge in [0.2, 0.25) is 17.7 Å². The van der Waals surface area contributed by atoms with Crippen molar-refractivity contribution in [2.75, 3.05) is 20.2 Å². The van der Waals surface area contributed by atoms with Crippen molar-refractivity contribution in [1.82, 2.24) is 15.5 Å². The summed E-state index contributed by atoms with van der Waals surface area (Å²) in [5.74, 6) is -2.45. The third-order valence-corrected chi connectivity index (χ3v) is 5.26. The number of unbranched alkanes of at least 4 members (excludes halogenated alkanes) is 2. The number of nitrogens with one attached hydrogen (secondary N) is 2. The summed E-state index contributed by atoms with van der Waals surface area (Å²) in [6.45, 7) is 6.87. The quantitative estimate of drug-likeness (QED) is 0.251. The smallest absolute Gasteiger partial charge is 0.408 e. The van der Waals surface area contributed by atoms with E-state index in [1.165, 1.54) is 12.0 Å². The van der Waals surface area contributed by atoms with E-state index in [4.69, 9.17) is 10.5 Å². The molecule has 0 heterocycles. The van der Waals surface area contributed by atoms with Gasteiger partial charge < -0.3 is 30.7 Å². The van der Waals surface area contributed by atoms with Crippen LogP contribution in [-0.2, 0) is 28.7 Å². The van der Waals surface area contributed by atoms with Crippen molar-refractivity contribution in [3.8, 4) is 0 Å². The Morgan fingerprint density at radius 1 is 1.05 bits per heavy atom. The van der Waals surface area contributed by atoms with E-state index in [2.05, 4.69) is 15.4 Å². The lowest BCUT2D eigenvalue weighted by atomic mass is 10.0. The molecule has 11 heteroatoms. The molecule has 206 valence electrons. The number of ether oxygens (including phenoxy) is 2. The van der Waals surface area contributed by atoms with Crippen molar-refractivity contribution in [2.24, 2.45) is 5.73 Å². The van der Waals surface area contributed by atoms with Crippen LogP contribution in [0.25, 0.3) is 0 Å². The van der Waals surface area contributed by atoms with Gasteiger partial charge in [-0.2, -0.15) is 0 Å². The molecule has 1 aromatic rings. The fraction of sp³-hybridized carbons (Fsp3) is 0.577. The van der Waals surface area contributed by atoms with Crippen molar-refractivity contribution in [3.63, 3.8) is 0 Å². The largest absolute Gasteiger partial charge is 0.468 e. The number of carbonyl (C=O) groups excluding carboxylic acids is 5. The number of hydrogen-bond acceptors (Lipinski definition) is 7. The van der Waals surface area contributed by atoms with Crippen LogP contribution in [0.1, 0.15) is 71.4 Å². The first-order chi connectivity index (χ1) is 17.4. The van der Waals surface area contributed by atoms with E-state index < -0.39 is 47.5 Å². The average molecular weight is 521 g/mol. The monoisotopic (exact) mass is 520 g/mol. The predicted molar refractivity (Wildman–Crippen MR) is 137 cm³/mol. The molecule has 0 aliphatic carbocycles. The zero-order valence-corrected chi connectivity index (χ0v) is 22.4. The number of alkyl carbamates (subject to hydrolysis) is 1. The second-order valence-electron chi connectivity index (χ2n) is 9.55. The summed E-state index contributed by atoms with van der Waals surface area (Å²) >= 11 is 0. The van der Waals surface area contributed by atoms with E-state index in [1.807, 2.05) is 6.92 Å². The van der Waals surface area contributed by atoms with Crippen LogP contribution in [0.15, 0.2) is 30.3 Å². The van der Waals surface area contributed by atoms with Gasteiger partial charge in [-0.1, -0.05) is 50.1 Å². The number of rotatable bonds is 14. The minimum absolute atomic E-state index is 0.0804. The maximum atomic E-state index is 13.9. The third kappa shape index (κ3) is 11.8. The summed E-state index contributed by atoms with van der Waals surface area (Å²) in [7, 11) is 1.20. The van der Waals surface area contributed by atoms with Crippen molar-refractivity contribution in [3.05, 3.63) is 35.9 Å². The second kappa shape index (κ2) is 15.5. The molecule has 0 aliphatic heterocycles. The molecule has 0 aliphatic rings. The Balaban J connectivity index is 3.42. The van der Waals surface area contributed by atoms with Crippen LogP contribution in [0.5, 0.6) is 0 Å². The predicted octanol–water partition coefficient (Wildman–Crippen LogP) is 2.19. The van der Waals surface area contributed by atoms with Crippen LogP contribution in [0, 0.1) is 0 Å². The van der Waals surface area contributed by atoms with Gasteiger partial charge in [-0.15, -0.1) is 0 Å². The molecule has 2 atom stereocenters. The van der Waals surface area contributed by atoms with Gasteiger partial charge in [-0.25, -0.2) is 4.79 Å². The van der Waals surface area contributed by atoms with Gasteiger partial charge in [-0.3, -0.25) is 19.2 Å². The number of nitrogens with two attached hydrogens (primary N) is 1. The van der Waals surface area contributed by atoms with E-state index in [0.717, 1.165) is 12.8 Å². The number of esters is 1. The molecule has 0 radical (unpaired) electrons. The van der Waals surface area contributed by atoms with Gasteiger partial charge in [0.15, 0.2) is 0 Å². The van der Waals surface area contributed by atoms with Crippen LogP contribution in [0.4, 0.5) is 4.79 Å². The molecule has 0 saturated carbocycles. The van der Waals surface area contributed by atoms with Crippen LogP contribution < -0.4 is 16.4 Å². The van der Waals surface area contributed by atoms with Gasteiger partial charge in [0, 0.05) is 13.0 Å². The third-order valence-electron chi connectivity index (χ3n) is 5.26. The Morgan fingerprint density at radius 2 is 1.70 bits per heavy atom. The van der Waals surface area contributed by atoms with Gasteiger partial charge in [0.05, 0.1) is 7.11 Å². The van der Waals surface area contributed by atoms with E-state index in [-0.39, 0.29) is 25.9 Å². The van der Waals surface area contributed by atoms with Gasteiger partial charge in [-0.05, 0) is 39.2 Å². The number of benzene rings is 1. The van der Waals surface area contributed by atoms with Crippen LogP contribution in [-0.4, -0.2) is 66.5 Å². The standard InChI is InChI=1S/C26H40N4O7/c1-6-7-11-16-30(22(18-12-9-8-10-13-18)23(33)28-17-21(32)36-5)24(34)19(14-15-20(27)31)29-25(35)37-26(2,3)4/h8-10,12-13,19,22H,6-7,11,14-17H2,1-5H3,(H2,27,31)(H,28,33)(H,29,35). The van der Waals surface area contributed by atoms with Gasteiger partial charge in [0.25, 0.3) is 0 Å². The lowest BCUT2D eigenvalue weighted by Crippen LogP contribution is -2.53. The molecular weight excluding hydrogens is 480 g/mol. The fourth-order valence-corrected chi connectivity index (χ4v) is 3.53. The maximum Gasteiger partial charge on any atom is 0.408 e. The van der Waals surface area contributed by atoms with Crippen molar-refractivity contribution < 1.29 is 33.4 Å². The molecule has 4 amide bonds. The zero-order chi connectivity index (χ0) is 28.0. The first kappa shape index (κ1) is 31.4. The zero-order valence-electron chi connectivity index (χ0n) is 22.4. The number of primary amides is 1.